The van der Waals surface area contributed by atoms with Gasteiger partial charge in [-0.05, 0) is 43.0 Å². The second-order valence-corrected chi connectivity index (χ2v) is 8.23. The van der Waals surface area contributed by atoms with Gasteiger partial charge >= 0.3 is 12.1 Å². The third kappa shape index (κ3) is 2.18. The monoisotopic (exact) mass is 402 g/mol. The molecule has 0 unspecified atom stereocenters. The molecule has 1 fully saturated rings. The summed E-state index contributed by atoms with van der Waals surface area (Å²) in [6.07, 6.45) is -4.97. The summed E-state index contributed by atoms with van der Waals surface area (Å²) >= 11 is 0. The SMILES string of the molecule is Cc1cccc2c1O[C@@H]1N(C)c3cccc(C)c3[C@@]13CCN(C(=O)C(F)(F)F)[C@@H]23. The van der Waals surface area contributed by atoms with E-state index in [9.17, 15) is 18.0 Å². The zero-order valence-corrected chi connectivity index (χ0v) is 16.4. The van der Waals surface area contributed by atoms with Crippen LogP contribution >= 0.6 is 0 Å². The highest BCUT2D eigenvalue weighted by atomic mass is 19.4. The van der Waals surface area contributed by atoms with E-state index in [2.05, 4.69) is 0 Å². The number of carbonyl (C=O) groups is 1. The lowest BCUT2D eigenvalue weighted by Gasteiger charge is -2.46. The van der Waals surface area contributed by atoms with E-state index in [1.165, 1.54) is 0 Å². The molecule has 7 heteroatoms. The molecule has 2 aromatic carbocycles. The topological polar surface area (TPSA) is 32.8 Å². The largest absolute Gasteiger partial charge is 0.471 e. The molecule has 0 aromatic heterocycles. The molecular formula is C22H21F3N2O2. The van der Waals surface area contributed by atoms with Crippen LogP contribution in [0.5, 0.6) is 5.75 Å². The lowest BCUT2D eigenvalue weighted by Crippen LogP contribution is -2.55. The van der Waals surface area contributed by atoms with Gasteiger partial charge in [0.15, 0.2) is 6.23 Å². The highest BCUT2D eigenvalue weighted by molar-refractivity contribution is 5.84. The van der Waals surface area contributed by atoms with Crippen LogP contribution in [-0.2, 0) is 10.2 Å². The molecule has 0 N–H and O–H groups in total. The number of rotatable bonds is 0. The molecule has 3 aliphatic heterocycles. The quantitative estimate of drug-likeness (QED) is 0.661. The number of hydrogen-bond acceptors (Lipinski definition) is 3. The Hall–Kier alpha value is -2.70. The van der Waals surface area contributed by atoms with Gasteiger partial charge < -0.3 is 14.5 Å². The summed E-state index contributed by atoms with van der Waals surface area (Å²) in [7, 11) is 1.91. The van der Waals surface area contributed by atoms with Gasteiger partial charge in [0.05, 0.1) is 11.5 Å². The van der Waals surface area contributed by atoms with Crippen molar-refractivity contribution < 1.29 is 22.7 Å². The third-order valence-corrected chi connectivity index (χ3v) is 6.72. The molecule has 152 valence electrons. The van der Waals surface area contributed by atoms with Gasteiger partial charge in [-0.15, -0.1) is 0 Å². The van der Waals surface area contributed by atoms with E-state index in [-0.39, 0.29) is 6.54 Å². The molecule has 29 heavy (non-hydrogen) atoms. The Kier molecular flexibility index (Phi) is 3.59. The maximum absolute atomic E-state index is 13.5. The minimum absolute atomic E-state index is 0.0395. The molecule has 2 aromatic rings. The Morgan fingerprint density at radius 1 is 1.14 bits per heavy atom. The highest BCUT2D eigenvalue weighted by Crippen LogP contribution is 2.63. The average Bonchev–Trinajstić information content (AvgIpc) is 3.17. The molecule has 1 spiro atoms. The molecule has 1 amide bonds. The average molecular weight is 402 g/mol. The van der Waals surface area contributed by atoms with Gasteiger partial charge in [-0.2, -0.15) is 13.2 Å². The number of ether oxygens (including phenoxy) is 1. The molecule has 3 heterocycles. The predicted octanol–water partition coefficient (Wildman–Crippen LogP) is 4.25. The maximum Gasteiger partial charge on any atom is 0.471 e. The Bertz CT molecular complexity index is 1040. The van der Waals surface area contributed by atoms with Gasteiger partial charge in [-0.25, -0.2) is 0 Å². The van der Waals surface area contributed by atoms with E-state index in [1.807, 2.05) is 56.1 Å². The van der Waals surface area contributed by atoms with Crippen LogP contribution < -0.4 is 9.64 Å². The van der Waals surface area contributed by atoms with Crippen LogP contribution in [-0.4, -0.2) is 36.8 Å². The van der Waals surface area contributed by atoms with E-state index < -0.39 is 29.8 Å². The van der Waals surface area contributed by atoms with Crippen molar-refractivity contribution in [1.29, 1.82) is 0 Å². The molecule has 0 aliphatic carbocycles. The lowest BCUT2D eigenvalue weighted by atomic mass is 9.69. The zero-order chi connectivity index (χ0) is 20.7. The lowest BCUT2D eigenvalue weighted by molar-refractivity contribution is -0.187. The molecule has 5 rings (SSSR count). The first-order valence-electron chi connectivity index (χ1n) is 9.65. The van der Waals surface area contributed by atoms with Crippen molar-refractivity contribution in [2.75, 3.05) is 18.5 Å². The van der Waals surface area contributed by atoms with Crippen molar-refractivity contribution in [3.63, 3.8) is 0 Å². The molecule has 1 saturated heterocycles. The van der Waals surface area contributed by atoms with Crippen molar-refractivity contribution in [2.24, 2.45) is 0 Å². The number of likely N-dealkylation sites (N-methyl/N-ethyl adjacent to an activating group) is 1. The second-order valence-electron chi connectivity index (χ2n) is 8.23. The molecule has 0 bridgehead atoms. The summed E-state index contributed by atoms with van der Waals surface area (Å²) in [6, 6.07) is 10.7. The van der Waals surface area contributed by atoms with Crippen molar-refractivity contribution in [3.8, 4) is 5.75 Å². The Balaban J connectivity index is 1.80. The fourth-order valence-electron chi connectivity index (χ4n) is 5.69. The number of fused-ring (bicyclic) bond motifs is 3. The smallest absolute Gasteiger partial charge is 0.469 e. The maximum atomic E-state index is 13.5. The molecule has 3 atom stereocenters. The third-order valence-electron chi connectivity index (χ3n) is 6.72. The van der Waals surface area contributed by atoms with Crippen molar-refractivity contribution in [1.82, 2.24) is 4.90 Å². The Morgan fingerprint density at radius 2 is 1.83 bits per heavy atom. The molecule has 0 saturated carbocycles. The number of nitrogens with zero attached hydrogens (tertiary/aromatic N) is 2. The van der Waals surface area contributed by atoms with E-state index in [4.69, 9.17) is 4.74 Å². The number of likely N-dealkylation sites (tertiary alicyclic amines) is 1. The van der Waals surface area contributed by atoms with Gasteiger partial charge in [-0.1, -0.05) is 30.3 Å². The molecule has 0 radical (unpaired) electrons. The van der Waals surface area contributed by atoms with E-state index in [0.717, 1.165) is 27.3 Å². The molecular weight excluding hydrogens is 381 g/mol. The van der Waals surface area contributed by atoms with Crippen molar-refractivity contribution in [2.45, 2.75) is 44.1 Å². The van der Waals surface area contributed by atoms with E-state index in [1.54, 1.807) is 6.07 Å². The van der Waals surface area contributed by atoms with Crippen LogP contribution in [0.1, 0.15) is 34.7 Å². The predicted molar refractivity (Wildman–Crippen MR) is 102 cm³/mol. The molecule has 4 nitrogen and oxygen atoms in total. The Morgan fingerprint density at radius 3 is 2.55 bits per heavy atom. The van der Waals surface area contributed by atoms with Crippen LogP contribution in [0.4, 0.5) is 18.9 Å². The summed E-state index contributed by atoms with van der Waals surface area (Å²) in [5, 5.41) is 0. The van der Waals surface area contributed by atoms with Gasteiger partial charge in [0, 0.05) is 24.8 Å². The number of carbonyl (C=O) groups excluding carboxylic acids is 1. The van der Waals surface area contributed by atoms with Crippen LogP contribution in [0.2, 0.25) is 0 Å². The first-order valence-corrected chi connectivity index (χ1v) is 9.65. The first-order chi connectivity index (χ1) is 13.7. The van der Waals surface area contributed by atoms with E-state index >= 15 is 0 Å². The minimum atomic E-state index is -4.91. The van der Waals surface area contributed by atoms with Gasteiger partial charge in [0.25, 0.3) is 0 Å². The van der Waals surface area contributed by atoms with Crippen LogP contribution in [0, 0.1) is 13.8 Å². The minimum Gasteiger partial charge on any atom is -0.469 e. The van der Waals surface area contributed by atoms with E-state index in [0.29, 0.717) is 17.7 Å². The summed E-state index contributed by atoms with van der Waals surface area (Å²) in [4.78, 5) is 15.4. The Labute approximate surface area is 166 Å². The summed E-state index contributed by atoms with van der Waals surface area (Å²) in [5.74, 6) is -1.20. The molecule has 3 aliphatic rings. The number of anilines is 1. The van der Waals surface area contributed by atoms with Crippen molar-refractivity contribution in [3.05, 3.63) is 58.7 Å². The van der Waals surface area contributed by atoms with Gasteiger partial charge in [0.2, 0.25) is 0 Å². The fraction of sp³-hybridized carbons (Fsp3) is 0.409. The number of para-hydroxylation sites is 1. The summed E-state index contributed by atoms with van der Waals surface area (Å²) < 4.78 is 46.9. The number of hydrogen-bond donors (Lipinski definition) is 0. The summed E-state index contributed by atoms with van der Waals surface area (Å²) in [5.41, 5.74) is 3.71. The fourth-order valence-corrected chi connectivity index (χ4v) is 5.69. The number of amides is 1. The second kappa shape index (κ2) is 5.68. The first kappa shape index (κ1) is 18.3. The van der Waals surface area contributed by atoms with Crippen molar-refractivity contribution >= 4 is 11.6 Å². The van der Waals surface area contributed by atoms with Crippen LogP contribution in [0.25, 0.3) is 0 Å². The normalized spacial score (nSPS) is 27.1. The van der Waals surface area contributed by atoms with Crippen LogP contribution in [0.3, 0.4) is 0 Å². The van der Waals surface area contributed by atoms with Crippen LogP contribution in [0.15, 0.2) is 36.4 Å². The standard InChI is InChI=1S/C22H21F3N2O2/c1-12-6-5-9-15-16(12)21-10-11-27(19(28)22(23,24)25)18(21)14-8-4-7-13(2)17(14)29-20(21)26(15)3/h4-9,18,20H,10-11H2,1-3H3/t18-,20-,21+/m0/s1. The number of aryl methyl sites for hydroxylation is 2. The van der Waals surface area contributed by atoms with Gasteiger partial charge in [0.1, 0.15) is 5.75 Å². The number of benzene rings is 2. The summed E-state index contributed by atoms with van der Waals surface area (Å²) in [6.45, 7) is 3.89. The number of halogens is 3. The zero-order valence-electron chi connectivity index (χ0n) is 16.4. The van der Waals surface area contributed by atoms with Gasteiger partial charge in [-0.3, -0.25) is 4.79 Å². The highest BCUT2D eigenvalue weighted by Gasteiger charge is 2.66. The number of alkyl halides is 3.